The lowest BCUT2D eigenvalue weighted by Gasteiger charge is -2.13. The second-order valence-corrected chi connectivity index (χ2v) is 7.64. The first-order valence-electron chi connectivity index (χ1n) is 7.82. The number of aryl methyl sites for hydroxylation is 3. The maximum Gasteiger partial charge on any atom is 0.241 e. The van der Waals surface area contributed by atoms with Crippen molar-refractivity contribution in [3.05, 3.63) is 58.9 Å². The SMILES string of the molecule is Cc1cc(C)c(S(=O)(=O)NCCC(=O)Nc2cccc(F)c2)c(C)c1. The van der Waals surface area contributed by atoms with Crippen LogP contribution in [0.5, 0.6) is 0 Å². The molecule has 0 saturated carbocycles. The highest BCUT2D eigenvalue weighted by Gasteiger charge is 2.19. The molecular weight excluding hydrogens is 343 g/mol. The van der Waals surface area contributed by atoms with Crippen molar-refractivity contribution < 1.29 is 17.6 Å². The summed E-state index contributed by atoms with van der Waals surface area (Å²) in [6.07, 6.45) is -0.0559. The zero-order chi connectivity index (χ0) is 18.6. The Morgan fingerprint density at radius 3 is 2.32 bits per heavy atom. The number of nitrogens with one attached hydrogen (secondary N) is 2. The monoisotopic (exact) mass is 364 g/mol. The Labute approximate surface area is 147 Å². The molecule has 2 rings (SSSR count). The summed E-state index contributed by atoms with van der Waals surface area (Å²) < 4.78 is 40.5. The van der Waals surface area contributed by atoms with Crippen molar-refractivity contribution in [1.29, 1.82) is 0 Å². The van der Waals surface area contributed by atoms with E-state index in [4.69, 9.17) is 0 Å². The number of halogens is 1. The minimum atomic E-state index is -3.70. The third kappa shape index (κ3) is 5.11. The Balaban J connectivity index is 1.98. The Kier molecular flexibility index (Phi) is 5.92. The van der Waals surface area contributed by atoms with Crippen LogP contribution in [0.3, 0.4) is 0 Å². The minimum absolute atomic E-state index is 0.0454. The minimum Gasteiger partial charge on any atom is -0.326 e. The molecule has 0 aromatic heterocycles. The van der Waals surface area contributed by atoms with Crippen LogP contribution in [-0.2, 0) is 14.8 Å². The number of anilines is 1. The highest BCUT2D eigenvalue weighted by atomic mass is 32.2. The van der Waals surface area contributed by atoms with E-state index in [0.717, 1.165) is 5.56 Å². The molecule has 1 amide bonds. The largest absolute Gasteiger partial charge is 0.326 e. The third-order valence-electron chi connectivity index (χ3n) is 3.63. The maximum atomic E-state index is 13.1. The summed E-state index contributed by atoms with van der Waals surface area (Å²) in [6.45, 7) is 5.34. The van der Waals surface area contributed by atoms with Crippen LogP contribution in [0.25, 0.3) is 0 Å². The molecule has 0 spiro atoms. The number of sulfonamides is 1. The molecule has 0 saturated heterocycles. The lowest BCUT2D eigenvalue weighted by Crippen LogP contribution is -2.29. The topological polar surface area (TPSA) is 75.3 Å². The maximum absolute atomic E-state index is 13.1. The van der Waals surface area contributed by atoms with Crippen LogP contribution >= 0.6 is 0 Å². The van der Waals surface area contributed by atoms with Gasteiger partial charge in [-0.2, -0.15) is 0 Å². The lowest BCUT2D eigenvalue weighted by molar-refractivity contribution is -0.116. The number of carbonyl (C=O) groups is 1. The predicted molar refractivity (Wildman–Crippen MR) is 95.5 cm³/mol. The van der Waals surface area contributed by atoms with Gasteiger partial charge in [0.2, 0.25) is 15.9 Å². The molecule has 7 heteroatoms. The summed E-state index contributed by atoms with van der Waals surface area (Å²) in [6, 6.07) is 9.12. The first-order chi connectivity index (χ1) is 11.7. The molecule has 0 bridgehead atoms. The van der Waals surface area contributed by atoms with Crippen LogP contribution in [0.15, 0.2) is 41.3 Å². The van der Waals surface area contributed by atoms with Crippen molar-refractivity contribution in [2.24, 2.45) is 0 Å². The number of carbonyl (C=O) groups excluding carboxylic acids is 1. The fraction of sp³-hybridized carbons (Fsp3) is 0.278. The Morgan fingerprint density at radius 1 is 1.08 bits per heavy atom. The highest BCUT2D eigenvalue weighted by molar-refractivity contribution is 7.89. The van der Waals surface area contributed by atoms with Crippen LogP contribution in [0.2, 0.25) is 0 Å². The van der Waals surface area contributed by atoms with Crippen molar-refractivity contribution in [2.45, 2.75) is 32.1 Å². The molecule has 5 nitrogen and oxygen atoms in total. The Bertz CT molecular complexity index is 872. The van der Waals surface area contributed by atoms with E-state index >= 15 is 0 Å². The molecule has 134 valence electrons. The van der Waals surface area contributed by atoms with Crippen molar-refractivity contribution in [3.63, 3.8) is 0 Å². The number of hydrogen-bond acceptors (Lipinski definition) is 3. The van der Waals surface area contributed by atoms with E-state index in [1.54, 1.807) is 32.0 Å². The van der Waals surface area contributed by atoms with E-state index in [2.05, 4.69) is 10.0 Å². The second kappa shape index (κ2) is 7.76. The van der Waals surface area contributed by atoms with Gasteiger partial charge in [-0.3, -0.25) is 4.79 Å². The lowest BCUT2D eigenvalue weighted by atomic mass is 10.1. The van der Waals surface area contributed by atoms with E-state index in [0.29, 0.717) is 16.8 Å². The van der Waals surface area contributed by atoms with Gasteiger partial charge in [-0.05, 0) is 50.1 Å². The Morgan fingerprint density at radius 2 is 1.72 bits per heavy atom. The number of amides is 1. The van der Waals surface area contributed by atoms with Crippen LogP contribution in [0.4, 0.5) is 10.1 Å². The number of benzene rings is 2. The van der Waals surface area contributed by atoms with Gasteiger partial charge in [0.05, 0.1) is 4.90 Å². The van der Waals surface area contributed by atoms with E-state index in [1.165, 1.54) is 18.2 Å². The van der Waals surface area contributed by atoms with Gasteiger partial charge in [0, 0.05) is 18.7 Å². The molecule has 0 fully saturated rings. The fourth-order valence-electron chi connectivity index (χ4n) is 2.75. The Hall–Kier alpha value is -2.25. The van der Waals surface area contributed by atoms with Gasteiger partial charge in [-0.1, -0.05) is 23.8 Å². The van der Waals surface area contributed by atoms with Crippen molar-refractivity contribution >= 4 is 21.6 Å². The first-order valence-corrected chi connectivity index (χ1v) is 9.30. The van der Waals surface area contributed by atoms with Crippen molar-refractivity contribution in [1.82, 2.24) is 4.72 Å². The van der Waals surface area contributed by atoms with Gasteiger partial charge in [0.25, 0.3) is 0 Å². The molecule has 0 atom stereocenters. The molecule has 0 heterocycles. The van der Waals surface area contributed by atoms with Gasteiger partial charge in [-0.25, -0.2) is 17.5 Å². The van der Waals surface area contributed by atoms with E-state index in [-0.39, 0.29) is 17.9 Å². The summed E-state index contributed by atoms with van der Waals surface area (Å²) in [4.78, 5) is 12.1. The van der Waals surface area contributed by atoms with Gasteiger partial charge in [-0.15, -0.1) is 0 Å². The van der Waals surface area contributed by atoms with Crippen LogP contribution in [0.1, 0.15) is 23.1 Å². The quantitative estimate of drug-likeness (QED) is 0.827. The zero-order valence-corrected chi connectivity index (χ0v) is 15.2. The van der Waals surface area contributed by atoms with Gasteiger partial charge in [0.15, 0.2) is 0 Å². The van der Waals surface area contributed by atoms with E-state index in [9.17, 15) is 17.6 Å². The predicted octanol–water partition coefficient (Wildman–Crippen LogP) is 3.06. The van der Waals surface area contributed by atoms with Gasteiger partial charge >= 0.3 is 0 Å². The smallest absolute Gasteiger partial charge is 0.241 e. The molecule has 2 aromatic carbocycles. The second-order valence-electron chi connectivity index (χ2n) is 5.93. The molecule has 0 radical (unpaired) electrons. The molecule has 2 N–H and O–H groups in total. The first kappa shape index (κ1) is 19.1. The summed E-state index contributed by atoms with van der Waals surface area (Å²) in [7, 11) is -3.70. The van der Waals surface area contributed by atoms with Crippen LogP contribution in [-0.4, -0.2) is 20.9 Å². The van der Waals surface area contributed by atoms with E-state index < -0.39 is 21.7 Å². The molecule has 0 aliphatic heterocycles. The van der Waals surface area contributed by atoms with Crippen LogP contribution in [0, 0.1) is 26.6 Å². The third-order valence-corrected chi connectivity index (χ3v) is 5.39. The normalized spacial score (nSPS) is 11.4. The summed E-state index contributed by atoms with van der Waals surface area (Å²) in [5, 5.41) is 2.53. The zero-order valence-electron chi connectivity index (χ0n) is 14.4. The molecule has 0 aliphatic rings. The highest BCUT2D eigenvalue weighted by Crippen LogP contribution is 2.21. The molecule has 0 aliphatic carbocycles. The average molecular weight is 364 g/mol. The average Bonchev–Trinajstić information content (AvgIpc) is 2.45. The van der Waals surface area contributed by atoms with Crippen LogP contribution < -0.4 is 10.0 Å². The van der Waals surface area contributed by atoms with Gasteiger partial charge < -0.3 is 5.32 Å². The number of rotatable bonds is 6. The van der Waals surface area contributed by atoms with Crippen molar-refractivity contribution in [3.8, 4) is 0 Å². The van der Waals surface area contributed by atoms with Gasteiger partial charge in [0.1, 0.15) is 5.82 Å². The molecule has 25 heavy (non-hydrogen) atoms. The fourth-order valence-corrected chi connectivity index (χ4v) is 4.23. The summed E-state index contributed by atoms with van der Waals surface area (Å²) in [5.74, 6) is -0.852. The van der Waals surface area contributed by atoms with Crippen molar-refractivity contribution in [2.75, 3.05) is 11.9 Å². The summed E-state index contributed by atoms with van der Waals surface area (Å²) in [5.41, 5.74) is 2.64. The molecule has 2 aromatic rings. The standard InChI is InChI=1S/C18H21FN2O3S/c1-12-9-13(2)18(14(3)10-12)25(23,24)20-8-7-17(22)21-16-6-4-5-15(19)11-16/h4-6,9-11,20H,7-8H2,1-3H3,(H,21,22). The van der Waals surface area contributed by atoms with E-state index in [1.807, 2.05) is 6.92 Å². The summed E-state index contributed by atoms with van der Waals surface area (Å²) >= 11 is 0. The molecular formula is C18H21FN2O3S. The number of hydrogen-bond donors (Lipinski definition) is 2. The molecule has 0 unspecified atom stereocenters.